The highest BCUT2D eigenvalue weighted by atomic mass is 35.5. The Labute approximate surface area is 154 Å². The number of nitrogens with one attached hydrogen (secondary N) is 2. The second-order valence-corrected chi connectivity index (χ2v) is 8.03. The predicted molar refractivity (Wildman–Crippen MR) is 96.7 cm³/mol. The number of benzene rings is 1. The van der Waals surface area contributed by atoms with E-state index in [0.29, 0.717) is 19.0 Å². The molecule has 0 spiro atoms. The number of hydrogen-bond acceptors (Lipinski definition) is 4. The van der Waals surface area contributed by atoms with Crippen LogP contribution in [0.3, 0.4) is 0 Å². The Bertz CT molecular complexity index is 649. The second kappa shape index (κ2) is 10.1. The minimum absolute atomic E-state index is 0. The number of rotatable bonds is 8. The molecule has 1 fully saturated rings. The highest BCUT2D eigenvalue weighted by molar-refractivity contribution is 7.89. The Balaban J connectivity index is 0.00000312. The lowest BCUT2D eigenvalue weighted by atomic mass is 10.2. The molecule has 6 nitrogen and oxygen atoms in total. The average Bonchev–Trinajstić information content (AvgIpc) is 3.06. The standard InChI is InChI=1S/C16H24FN3O3S.ClH/c1-20(24(22,23)15-8-6-13(17)7-9-15)11-3-5-16(21)19-12-14-4-2-10-18-14;/h6-9,14,18H,2-5,10-12H2,1H3,(H,19,21);1H. The lowest BCUT2D eigenvalue weighted by Crippen LogP contribution is -2.37. The quantitative estimate of drug-likeness (QED) is 0.701. The van der Waals surface area contributed by atoms with E-state index in [4.69, 9.17) is 0 Å². The molecule has 9 heteroatoms. The van der Waals surface area contributed by atoms with Gasteiger partial charge in [-0.2, -0.15) is 0 Å². The minimum Gasteiger partial charge on any atom is -0.355 e. The minimum atomic E-state index is -3.65. The fraction of sp³-hybridized carbons (Fsp3) is 0.562. The molecule has 2 rings (SSSR count). The van der Waals surface area contributed by atoms with Gasteiger partial charge in [0, 0.05) is 32.6 Å². The molecule has 1 saturated heterocycles. The third kappa shape index (κ3) is 6.54. The second-order valence-electron chi connectivity index (χ2n) is 5.98. The third-order valence-electron chi connectivity index (χ3n) is 4.11. The van der Waals surface area contributed by atoms with Crippen LogP contribution in [0.4, 0.5) is 4.39 Å². The van der Waals surface area contributed by atoms with Crippen LogP contribution < -0.4 is 10.6 Å². The molecule has 1 heterocycles. The van der Waals surface area contributed by atoms with E-state index in [2.05, 4.69) is 10.6 Å². The van der Waals surface area contributed by atoms with E-state index in [1.54, 1.807) is 0 Å². The molecular weight excluding hydrogens is 369 g/mol. The van der Waals surface area contributed by atoms with Crippen molar-refractivity contribution in [1.82, 2.24) is 14.9 Å². The van der Waals surface area contributed by atoms with E-state index in [-0.39, 0.29) is 36.2 Å². The first-order chi connectivity index (χ1) is 11.4. The summed E-state index contributed by atoms with van der Waals surface area (Å²) >= 11 is 0. The van der Waals surface area contributed by atoms with Gasteiger partial charge < -0.3 is 10.6 Å². The predicted octanol–water partition coefficient (Wildman–Crippen LogP) is 1.52. The third-order valence-corrected chi connectivity index (χ3v) is 5.98. The van der Waals surface area contributed by atoms with E-state index in [9.17, 15) is 17.6 Å². The van der Waals surface area contributed by atoms with Crippen LogP contribution in [0.25, 0.3) is 0 Å². The fourth-order valence-electron chi connectivity index (χ4n) is 2.63. The molecular formula is C16H25ClFN3O3S. The molecule has 142 valence electrons. The Hall–Kier alpha value is -1.22. The van der Waals surface area contributed by atoms with E-state index in [1.807, 2.05) is 0 Å². The number of carbonyl (C=O) groups is 1. The van der Waals surface area contributed by atoms with Crippen molar-refractivity contribution in [2.24, 2.45) is 0 Å². The number of halogens is 2. The highest BCUT2D eigenvalue weighted by Gasteiger charge is 2.20. The average molecular weight is 394 g/mol. The molecule has 1 aliphatic rings. The summed E-state index contributed by atoms with van der Waals surface area (Å²) in [4.78, 5) is 11.8. The first-order valence-corrected chi connectivity index (χ1v) is 9.55. The fourth-order valence-corrected chi connectivity index (χ4v) is 3.83. The molecule has 1 unspecified atom stereocenters. The first kappa shape index (κ1) is 21.8. The zero-order valence-corrected chi connectivity index (χ0v) is 15.8. The van der Waals surface area contributed by atoms with Crippen LogP contribution in [0.2, 0.25) is 0 Å². The van der Waals surface area contributed by atoms with Crippen LogP contribution in [0, 0.1) is 5.82 Å². The van der Waals surface area contributed by atoms with Crippen LogP contribution in [0.15, 0.2) is 29.2 Å². The monoisotopic (exact) mass is 393 g/mol. The summed E-state index contributed by atoms with van der Waals surface area (Å²) in [6.07, 6.45) is 2.91. The lowest BCUT2D eigenvalue weighted by molar-refractivity contribution is -0.121. The number of nitrogens with zero attached hydrogens (tertiary/aromatic N) is 1. The van der Waals surface area contributed by atoms with Gasteiger partial charge in [0.25, 0.3) is 0 Å². The summed E-state index contributed by atoms with van der Waals surface area (Å²) in [6.45, 7) is 1.84. The van der Waals surface area contributed by atoms with Crippen molar-refractivity contribution in [3.05, 3.63) is 30.1 Å². The van der Waals surface area contributed by atoms with E-state index in [1.165, 1.54) is 23.5 Å². The summed E-state index contributed by atoms with van der Waals surface area (Å²) in [7, 11) is -2.20. The van der Waals surface area contributed by atoms with E-state index in [0.717, 1.165) is 31.5 Å². The van der Waals surface area contributed by atoms with Gasteiger partial charge in [-0.25, -0.2) is 17.1 Å². The van der Waals surface area contributed by atoms with Gasteiger partial charge in [-0.15, -0.1) is 12.4 Å². The van der Waals surface area contributed by atoms with Gasteiger partial charge in [-0.05, 0) is 50.1 Å². The lowest BCUT2D eigenvalue weighted by Gasteiger charge is -2.17. The van der Waals surface area contributed by atoms with Crippen molar-refractivity contribution in [3.8, 4) is 0 Å². The highest BCUT2D eigenvalue weighted by Crippen LogP contribution is 2.15. The summed E-state index contributed by atoms with van der Waals surface area (Å²) in [5.74, 6) is -0.554. The van der Waals surface area contributed by atoms with Gasteiger partial charge in [0.15, 0.2) is 0 Å². The smallest absolute Gasteiger partial charge is 0.242 e. The van der Waals surface area contributed by atoms with Crippen LogP contribution in [0.5, 0.6) is 0 Å². The summed E-state index contributed by atoms with van der Waals surface area (Å²) in [5.41, 5.74) is 0. The molecule has 0 bridgehead atoms. The van der Waals surface area contributed by atoms with Crippen LogP contribution in [-0.2, 0) is 14.8 Å². The van der Waals surface area contributed by atoms with Crippen molar-refractivity contribution >= 4 is 28.3 Å². The molecule has 25 heavy (non-hydrogen) atoms. The number of amides is 1. The van der Waals surface area contributed by atoms with Gasteiger partial charge in [0.2, 0.25) is 15.9 Å². The van der Waals surface area contributed by atoms with Crippen molar-refractivity contribution < 1.29 is 17.6 Å². The maximum Gasteiger partial charge on any atom is 0.242 e. The maximum absolute atomic E-state index is 12.9. The van der Waals surface area contributed by atoms with Gasteiger partial charge in [-0.3, -0.25) is 4.79 Å². The Kier molecular flexibility index (Phi) is 8.78. The van der Waals surface area contributed by atoms with E-state index < -0.39 is 15.8 Å². The molecule has 1 aliphatic heterocycles. The molecule has 0 aliphatic carbocycles. The zero-order valence-electron chi connectivity index (χ0n) is 14.2. The number of hydrogen-bond donors (Lipinski definition) is 2. The van der Waals surface area contributed by atoms with Crippen molar-refractivity contribution in [2.75, 3.05) is 26.7 Å². The van der Waals surface area contributed by atoms with Gasteiger partial charge in [-0.1, -0.05) is 0 Å². The van der Waals surface area contributed by atoms with Crippen LogP contribution in [0.1, 0.15) is 25.7 Å². The Morgan fingerprint density at radius 3 is 2.64 bits per heavy atom. The number of carbonyl (C=O) groups excluding carboxylic acids is 1. The molecule has 0 aromatic heterocycles. The number of sulfonamides is 1. The molecule has 0 saturated carbocycles. The van der Waals surface area contributed by atoms with Gasteiger partial charge in [0.05, 0.1) is 4.90 Å². The summed E-state index contributed by atoms with van der Waals surface area (Å²) in [5, 5.41) is 6.16. The van der Waals surface area contributed by atoms with Crippen molar-refractivity contribution in [3.63, 3.8) is 0 Å². The van der Waals surface area contributed by atoms with Crippen molar-refractivity contribution in [1.29, 1.82) is 0 Å². The molecule has 2 N–H and O–H groups in total. The summed E-state index contributed by atoms with van der Waals surface area (Å²) < 4.78 is 38.7. The Morgan fingerprint density at radius 2 is 2.04 bits per heavy atom. The van der Waals surface area contributed by atoms with E-state index >= 15 is 0 Å². The maximum atomic E-state index is 12.9. The molecule has 1 amide bonds. The van der Waals surface area contributed by atoms with Crippen LogP contribution in [-0.4, -0.2) is 51.4 Å². The van der Waals surface area contributed by atoms with Crippen molar-refractivity contribution in [2.45, 2.75) is 36.6 Å². The first-order valence-electron chi connectivity index (χ1n) is 8.11. The van der Waals surface area contributed by atoms with Gasteiger partial charge >= 0.3 is 0 Å². The molecule has 0 radical (unpaired) electrons. The Morgan fingerprint density at radius 1 is 1.36 bits per heavy atom. The van der Waals surface area contributed by atoms with Crippen LogP contribution >= 0.6 is 12.4 Å². The summed E-state index contributed by atoms with van der Waals surface area (Å²) in [6, 6.07) is 5.05. The van der Waals surface area contributed by atoms with Gasteiger partial charge in [0.1, 0.15) is 5.82 Å². The molecule has 1 atom stereocenters. The zero-order chi connectivity index (χ0) is 17.6. The topological polar surface area (TPSA) is 78.5 Å². The largest absolute Gasteiger partial charge is 0.355 e. The molecule has 1 aromatic carbocycles. The normalized spacial score (nSPS) is 17.3. The SMILES string of the molecule is CN(CCCC(=O)NCC1CCCN1)S(=O)(=O)c1ccc(F)cc1.Cl. The molecule has 1 aromatic rings.